The average molecular weight is 336 g/mol. The van der Waals surface area contributed by atoms with Gasteiger partial charge in [0.15, 0.2) is 0 Å². The first kappa shape index (κ1) is 16.3. The van der Waals surface area contributed by atoms with Gasteiger partial charge >= 0.3 is 0 Å². The van der Waals surface area contributed by atoms with E-state index in [4.69, 9.17) is 9.47 Å². The third-order valence-corrected chi connectivity index (χ3v) is 3.06. The molecule has 0 radical (unpaired) electrons. The van der Waals surface area contributed by atoms with Crippen LogP contribution in [0.25, 0.3) is 0 Å². The van der Waals surface area contributed by atoms with Crippen LogP contribution in [0, 0.1) is 6.92 Å². The minimum Gasteiger partial charge on any atom is -0.481 e. The van der Waals surface area contributed by atoms with Crippen LogP contribution in [0.15, 0.2) is 54.0 Å². The zero-order valence-electron chi connectivity index (χ0n) is 13.7. The lowest BCUT2D eigenvalue weighted by Gasteiger charge is -2.04. The predicted molar refractivity (Wildman–Crippen MR) is 93.1 cm³/mol. The van der Waals surface area contributed by atoms with Gasteiger partial charge in [0.25, 0.3) is 0 Å². The van der Waals surface area contributed by atoms with Crippen LogP contribution >= 0.6 is 0 Å². The van der Waals surface area contributed by atoms with Crippen molar-refractivity contribution < 1.29 is 9.47 Å². The van der Waals surface area contributed by atoms with Crippen LogP contribution in [-0.4, -0.2) is 33.3 Å². The van der Waals surface area contributed by atoms with Crippen molar-refractivity contribution in [1.29, 1.82) is 0 Å². The number of aryl methyl sites for hydroxylation is 1. The fourth-order valence-electron chi connectivity index (χ4n) is 1.94. The van der Waals surface area contributed by atoms with Crippen LogP contribution in [0.4, 0.5) is 5.95 Å². The number of aromatic nitrogens is 4. The van der Waals surface area contributed by atoms with Crippen molar-refractivity contribution in [3.63, 3.8) is 0 Å². The second kappa shape index (κ2) is 7.82. The van der Waals surface area contributed by atoms with Crippen LogP contribution < -0.4 is 14.9 Å². The summed E-state index contributed by atoms with van der Waals surface area (Å²) in [5.41, 5.74) is 4.46. The number of nitrogens with one attached hydrogen (secondary N) is 1. The maximum absolute atomic E-state index is 5.58. The Kier molecular flexibility index (Phi) is 5.10. The van der Waals surface area contributed by atoms with Gasteiger partial charge in [-0.25, -0.2) is 15.4 Å². The van der Waals surface area contributed by atoms with Crippen LogP contribution in [0.3, 0.4) is 0 Å². The molecule has 1 N–H and O–H groups in total. The lowest BCUT2D eigenvalue weighted by molar-refractivity contribution is 0.397. The fraction of sp³-hybridized carbons (Fsp3) is 0.118. The van der Waals surface area contributed by atoms with E-state index < -0.39 is 0 Å². The predicted octanol–water partition coefficient (Wildman–Crippen LogP) is 2.82. The highest BCUT2D eigenvalue weighted by molar-refractivity contribution is 5.80. The second-order valence-corrected chi connectivity index (χ2v) is 4.96. The average Bonchev–Trinajstić information content (AvgIpc) is 2.63. The van der Waals surface area contributed by atoms with E-state index in [-0.39, 0.29) is 0 Å². The molecule has 2 aromatic heterocycles. The molecule has 0 unspecified atom stereocenters. The Morgan fingerprint density at radius 3 is 2.64 bits per heavy atom. The number of hydrogen-bond acceptors (Lipinski definition) is 8. The highest BCUT2D eigenvalue weighted by Gasteiger charge is 2.01. The monoisotopic (exact) mass is 336 g/mol. The summed E-state index contributed by atoms with van der Waals surface area (Å²) in [6.07, 6.45) is 6.37. The van der Waals surface area contributed by atoms with Gasteiger partial charge in [-0.05, 0) is 36.8 Å². The number of hydrazone groups is 1. The number of methoxy groups -OCH3 is 1. The first-order valence-electron chi connectivity index (χ1n) is 7.45. The van der Waals surface area contributed by atoms with E-state index in [0.29, 0.717) is 23.5 Å². The third kappa shape index (κ3) is 4.71. The molecule has 0 amide bonds. The molecule has 3 rings (SSSR count). The van der Waals surface area contributed by atoms with Gasteiger partial charge in [0.1, 0.15) is 5.75 Å². The van der Waals surface area contributed by atoms with Crippen molar-refractivity contribution in [2.45, 2.75) is 6.92 Å². The standard InChI is InChI=1S/C17H16N6O2/c1-12-9-15(24-2)22-17(21-12)23-20-10-13-3-5-14(6-4-13)25-16-11-18-7-8-19-16/h3-11H,1-2H3,(H,21,22,23)/b20-10+. The summed E-state index contributed by atoms with van der Waals surface area (Å²) in [7, 11) is 1.56. The maximum atomic E-state index is 5.58. The molecular formula is C17H16N6O2. The van der Waals surface area contributed by atoms with E-state index in [1.54, 1.807) is 38.0 Å². The summed E-state index contributed by atoms with van der Waals surface area (Å²) in [5, 5.41) is 4.12. The summed E-state index contributed by atoms with van der Waals surface area (Å²) in [5.74, 6) is 1.96. The Morgan fingerprint density at radius 1 is 1.08 bits per heavy atom. The molecule has 8 nitrogen and oxygen atoms in total. The molecule has 0 atom stereocenters. The summed E-state index contributed by atoms with van der Waals surface area (Å²) in [6.45, 7) is 1.86. The molecule has 0 saturated carbocycles. The number of rotatable bonds is 6. The smallest absolute Gasteiger partial charge is 0.247 e. The van der Waals surface area contributed by atoms with Crippen molar-refractivity contribution >= 4 is 12.2 Å². The van der Waals surface area contributed by atoms with Crippen molar-refractivity contribution in [3.05, 3.63) is 60.2 Å². The zero-order chi connectivity index (χ0) is 17.5. The maximum Gasteiger partial charge on any atom is 0.247 e. The summed E-state index contributed by atoms with van der Waals surface area (Å²) >= 11 is 0. The number of ether oxygens (including phenoxy) is 2. The number of hydrogen-bond donors (Lipinski definition) is 1. The van der Waals surface area contributed by atoms with Gasteiger partial charge in [0.2, 0.25) is 17.7 Å². The molecule has 2 heterocycles. The molecule has 1 aromatic carbocycles. The van der Waals surface area contributed by atoms with Gasteiger partial charge in [-0.1, -0.05) is 0 Å². The largest absolute Gasteiger partial charge is 0.481 e. The number of anilines is 1. The first-order valence-corrected chi connectivity index (χ1v) is 7.45. The van der Waals surface area contributed by atoms with Crippen LogP contribution in [0.1, 0.15) is 11.3 Å². The van der Waals surface area contributed by atoms with Crippen molar-refractivity contribution in [2.75, 3.05) is 12.5 Å². The Hall–Kier alpha value is -3.55. The molecule has 0 saturated heterocycles. The highest BCUT2D eigenvalue weighted by Crippen LogP contribution is 2.18. The molecular weight excluding hydrogens is 320 g/mol. The molecule has 0 fully saturated rings. The Balaban J connectivity index is 1.61. The molecule has 0 spiro atoms. The van der Waals surface area contributed by atoms with Gasteiger partial charge in [-0.3, -0.25) is 4.98 Å². The van der Waals surface area contributed by atoms with Crippen molar-refractivity contribution in [3.8, 4) is 17.5 Å². The summed E-state index contributed by atoms with van der Waals surface area (Å²) in [4.78, 5) is 16.4. The van der Waals surface area contributed by atoms with Gasteiger partial charge in [-0.2, -0.15) is 10.1 Å². The summed E-state index contributed by atoms with van der Waals surface area (Å²) in [6, 6.07) is 9.12. The van der Waals surface area contributed by atoms with Crippen molar-refractivity contribution in [1.82, 2.24) is 19.9 Å². The van der Waals surface area contributed by atoms with Gasteiger partial charge in [-0.15, -0.1) is 0 Å². The first-order chi connectivity index (χ1) is 12.2. The molecule has 126 valence electrons. The van der Waals surface area contributed by atoms with E-state index in [1.165, 1.54) is 0 Å². The summed E-state index contributed by atoms with van der Waals surface area (Å²) < 4.78 is 10.7. The van der Waals surface area contributed by atoms with E-state index in [0.717, 1.165) is 11.3 Å². The normalized spacial score (nSPS) is 10.6. The van der Waals surface area contributed by atoms with E-state index in [9.17, 15) is 0 Å². The van der Waals surface area contributed by atoms with E-state index >= 15 is 0 Å². The fourth-order valence-corrected chi connectivity index (χ4v) is 1.94. The Labute approximate surface area is 144 Å². The highest BCUT2D eigenvalue weighted by atomic mass is 16.5. The molecule has 0 bridgehead atoms. The lowest BCUT2D eigenvalue weighted by atomic mass is 10.2. The van der Waals surface area contributed by atoms with Gasteiger partial charge < -0.3 is 9.47 Å². The van der Waals surface area contributed by atoms with Crippen LogP contribution in [-0.2, 0) is 0 Å². The lowest BCUT2D eigenvalue weighted by Crippen LogP contribution is -2.00. The third-order valence-electron chi connectivity index (χ3n) is 3.06. The minimum absolute atomic E-state index is 0.371. The molecule has 8 heteroatoms. The molecule has 3 aromatic rings. The molecule has 0 aliphatic heterocycles. The SMILES string of the molecule is COc1cc(C)nc(N/N=C/c2ccc(Oc3cnccn3)cc2)n1. The second-order valence-electron chi connectivity index (χ2n) is 4.96. The van der Waals surface area contributed by atoms with Crippen LogP contribution in [0.2, 0.25) is 0 Å². The molecule has 0 aliphatic rings. The van der Waals surface area contributed by atoms with Gasteiger partial charge in [0.05, 0.1) is 19.5 Å². The molecule has 0 aliphatic carbocycles. The topological polar surface area (TPSA) is 94.4 Å². The van der Waals surface area contributed by atoms with E-state index in [1.807, 2.05) is 31.2 Å². The number of nitrogens with zero attached hydrogens (tertiary/aromatic N) is 5. The molecule has 25 heavy (non-hydrogen) atoms. The Bertz CT molecular complexity index is 853. The van der Waals surface area contributed by atoms with Crippen LogP contribution in [0.5, 0.6) is 17.5 Å². The quantitative estimate of drug-likeness (QED) is 0.546. The minimum atomic E-state index is 0.371. The Morgan fingerprint density at radius 2 is 1.92 bits per heavy atom. The van der Waals surface area contributed by atoms with Crippen molar-refractivity contribution in [2.24, 2.45) is 5.10 Å². The number of benzene rings is 1. The van der Waals surface area contributed by atoms with Gasteiger partial charge in [0, 0.05) is 24.2 Å². The van der Waals surface area contributed by atoms with E-state index in [2.05, 4.69) is 30.5 Å². The zero-order valence-corrected chi connectivity index (χ0v) is 13.7.